The van der Waals surface area contributed by atoms with Gasteiger partial charge in [0.1, 0.15) is 5.52 Å². The summed E-state index contributed by atoms with van der Waals surface area (Å²) in [6.45, 7) is 3.85. The third-order valence-electron chi connectivity index (χ3n) is 3.86. The van der Waals surface area contributed by atoms with E-state index >= 15 is 0 Å². The molecule has 4 aromatic rings. The van der Waals surface area contributed by atoms with Crippen molar-refractivity contribution in [3.05, 3.63) is 35.3 Å². The zero-order chi connectivity index (χ0) is 18.1. The molecule has 3 aromatic heterocycles. The Morgan fingerprint density at radius 1 is 1.31 bits per heavy atom. The van der Waals surface area contributed by atoms with Gasteiger partial charge in [-0.2, -0.15) is 0 Å². The quantitative estimate of drug-likeness (QED) is 0.508. The molecule has 0 bridgehead atoms. The molecule has 1 atom stereocenters. The summed E-state index contributed by atoms with van der Waals surface area (Å²) in [5.41, 5.74) is 3.27. The van der Waals surface area contributed by atoms with Gasteiger partial charge in [0.2, 0.25) is 11.1 Å². The van der Waals surface area contributed by atoms with E-state index in [2.05, 4.69) is 30.5 Å². The number of aromatic amines is 1. The number of para-hydroxylation sites is 1. The second-order valence-corrected chi connectivity index (χ2v) is 7.79. The fraction of sp³-hybridized carbons (Fsp3) is 0.235. The van der Waals surface area contributed by atoms with Crippen LogP contribution in [0.2, 0.25) is 0 Å². The van der Waals surface area contributed by atoms with E-state index in [4.69, 9.17) is 0 Å². The van der Waals surface area contributed by atoms with Gasteiger partial charge in [0, 0.05) is 16.3 Å². The highest BCUT2D eigenvalue weighted by molar-refractivity contribution is 8.00. The molecule has 0 spiro atoms. The number of nitrogens with one attached hydrogen (secondary N) is 2. The van der Waals surface area contributed by atoms with Gasteiger partial charge in [-0.1, -0.05) is 36.9 Å². The second kappa shape index (κ2) is 7.00. The van der Waals surface area contributed by atoms with Crippen molar-refractivity contribution in [1.82, 2.24) is 25.1 Å². The fourth-order valence-electron chi connectivity index (χ4n) is 2.60. The number of aryl methyl sites for hydroxylation is 1. The van der Waals surface area contributed by atoms with E-state index in [1.54, 1.807) is 0 Å². The fourth-order valence-corrected chi connectivity index (χ4v) is 4.11. The van der Waals surface area contributed by atoms with Gasteiger partial charge in [0.05, 0.1) is 10.9 Å². The summed E-state index contributed by atoms with van der Waals surface area (Å²) in [7, 11) is 0. The molecule has 0 fully saturated rings. The van der Waals surface area contributed by atoms with E-state index in [1.807, 2.05) is 43.5 Å². The van der Waals surface area contributed by atoms with Gasteiger partial charge in [0.15, 0.2) is 10.8 Å². The van der Waals surface area contributed by atoms with Gasteiger partial charge >= 0.3 is 0 Å². The Labute approximate surface area is 157 Å². The van der Waals surface area contributed by atoms with E-state index in [0.29, 0.717) is 22.4 Å². The molecule has 1 unspecified atom stereocenters. The zero-order valence-electron chi connectivity index (χ0n) is 14.2. The Bertz CT molecular complexity index is 1090. The molecule has 1 aromatic carbocycles. The van der Waals surface area contributed by atoms with E-state index in [-0.39, 0.29) is 11.2 Å². The molecule has 0 aliphatic heterocycles. The molecule has 132 valence electrons. The number of thiazole rings is 1. The molecule has 0 aliphatic rings. The van der Waals surface area contributed by atoms with Crippen molar-refractivity contribution >= 4 is 56.2 Å². The van der Waals surface area contributed by atoms with Crippen LogP contribution < -0.4 is 5.32 Å². The van der Waals surface area contributed by atoms with Crippen LogP contribution in [0.1, 0.15) is 19.0 Å². The molecule has 26 heavy (non-hydrogen) atoms. The number of nitrogens with zero attached hydrogens (tertiary/aromatic N) is 4. The number of fused-ring (bicyclic) bond motifs is 3. The Kier molecular flexibility index (Phi) is 4.56. The van der Waals surface area contributed by atoms with Gasteiger partial charge in [-0.05, 0) is 19.4 Å². The number of benzene rings is 1. The molecule has 0 saturated carbocycles. The summed E-state index contributed by atoms with van der Waals surface area (Å²) in [4.78, 5) is 24.6. The summed E-state index contributed by atoms with van der Waals surface area (Å²) in [5, 5.41) is 15.0. The van der Waals surface area contributed by atoms with E-state index < -0.39 is 0 Å². The first kappa shape index (κ1) is 16.9. The Hall–Kier alpha value is -2.52. The number of hydrogen-bond acceptors (Lipinski definition) is 7. The summed E-state index contributed by atoms with van der Waals surface area (Å²) >= 11 is 2.72. The highest BCUT2D eigenvalue weighted by Crippen LogP contribution is 2.27. The highest BCUT2D eigenvalue weighted by atomic mass is 32.2. The number of H-pyrrole nitrogens is 1. The molecule has 0 saturated heterocycles. The number of rotatable bonds is 5. The van der Waals surface area contributed by atoms with Crippen LogP contribution in [-0.4, -0.2) is 36.3 Å². The van der Waals surface area contributed by atoms with Gasteiger partial charge in [-0.15, -0.1) is 21.5 Å². The first-order valence-electron chi connectivity index (χ1n) is 8.15. The largest absolute Gasteiger partial charge is 0.338 e. The molecule has 0 aliphatic carbocycles. The molecular formula is C17H16N6OS2. The maximum absolute atomic E-state index is 12.5. The van der Waals surface area contributed by atoms with Crippen LogP contribution >= 0.6 is 23.1 Å². The number of hydrogen-bond donors (Lipinski definition) is 2. The summed E-state index contributed by atoms with van der Waals surface area (Å²) in [5.74, 6) is -0.104. The monoisotopic (exact) mass is 384 g/mol. The van der Waals surface area contributed by atoms with Crippen molar-refractivity contribution in [1.29, 1.82) is 0 Å². The van der Waals surface area contributed by atoms with Crippen molar-refractivity contribution < 1.29 is 4.79 Å². The van der Waals surface area contributed by atoms with E-state index in [1.165, 1.54) is 23.1 Å². The number of anilines is 1. The lowest BCUT2D eigenvalue weighted by atomic mass is 10.2. The maximum atomic E-state index is 12.5. The molecule has 1 amide bonds. The van der Waals surface area contributed by atoms with Crippen molar-refractivity contribution in [2.24, 2.45) is 0 Å². The Morgan fingerprint density at radius 3 is 2.92 bits per heavy atom. The van der Waals surface area contributed by atoms with Crippen LogP contribution in [0.15, 0.2) is 34.8 Å². The minimum absolute atomic E-state index is 0.104. The Balaban J connectivity index is 1.56. The summed E-state index contributed by atoms with van der Waals surface area (Å²) < 4.78 is 0. The van der Waals surface area contributed by atoms with Gasteiger partial charge in [0.25, 0.3) is 0 Å². The third-order valence-corrected chi connectivity index (χ3v) is 5.95. The van der Waals surface area contributed by atoms with Crippen LogP contribution in [0, 0.1) is 6.92 Å². The van der Waals surface area contributed by atoms with E-state index in [0.717, 1.165) is 22.1 Å². The molecule has 4 rings (SSSR count). The third kappa shape index (κ3) is 3.27. The lowest BCUT2D eigenvalue weighted by Crippen LogP contribution is -2.24. The molecule has 9 heteroatoms. The molecule has 7 nitrogen and oxygen atoms in total. The van der Waals surface area contributed by atoms with Gasteiger partial charge in [-0.25, -0.2) is 9.97 Å². The van der Waals surface area contributed by atoms with Crippen LogP contribution in [-0.2, 0) is 4.79 Å². The summed E-state index contributed by atoms with van der Waals surface area (Å²) in [6, 6.07) is 7.87. The van der Waals surface area contributed by atoms with Crippen LogP contribution in [0.4, 0.5) is 5.13 Å². The van der Waals surface area contributed by atoms with Gasteiger partial charge in [-0.3, -0.25) is 4.79 Å². The number of amides is 1. The first-order valence-corrected chi connectivity index (χ1v) is 9.90. The van der Waals surface area contributed by atoms with E-state index in [9.17, 15) is 4.79 Å². The standard InChI is InChI=1S/C17H16N6OS2/c1-3-12(15(24)21-16-18-9(2)8-25-16)26-17-20-14-13(22-23-17)10-6-4-5-7-11(10)19-14/h4-8,12H,3H2,1-2H3,(H,18,21,24)(H,19,20,23). The van der Waals surface area contributed by atoms with Crippen molar-refractivity contribution in [3.63, 3.8) is 0 Å². The normalized spacial score (nSPS) is 12.5. The lowest BCUT2D eigenvalue weighted by Gasteiger charge is -2.11. The predicted octanol–water partition coefficient (Wildman–Crippen LogP) is 3.78. The van der Waals surface area contributed by atoms with Crippen LogP contribution in [0.3, 0.4) is 0 Å². The minimum atomic E-state index is -0.317. The maximum Gasteiger partial charge on any atom is 0.239 e. The molecular weight excluding hydrogens is 368 g/mol. The number of aromatic nitrogens is 5. The average molecular weight is 384 g/mol. The number of carbonyl (C=O) groups is 1. The minimum Gasteiger partial charge on any atom is -0.338 e. The van der Waals surface area contributed by atoms with Gasteiger partial charge < -0.3 is 10.3 Å². The van der Waals surface area contributed by atoms with Crippen molar-refractivity contribution in [2.45, 2.75) is 30.7 Å². The lowest BCUT2D eigenvalue weighted by molar-refractivity contribution is -0.115. The Morgan fingerprint density at radius 2 is 2.15 bits per heavy atom. The first-order chi connectivity index (χ1) is 12.6. The molecule has 3 heterocycles. The topological polar surface area (TPSA) is 96.5 Å². The van der Waals surface area contributed by atoms with Crippen LogP contribution in [0.25, 0.3) is 22.1 Å². The highest BCUT2D eigenvalue weighted by Gasteiger charge is 2.21. The predicted molar refractivity (Wildman–Crippen MR) is 105 cm³/mol. The second-order valence-electron chi connectivity index (χ2n) is 5.76. The summed E-state index contributed by atoms with van der Waals surface area (Å²) in [6.07, 6.45) is 0.648. The average Bonchev–Trinajstić information content (AvgIpc) is 3.22. The molecule has 2 N–H and O–H groups in total. The van der Waals surface area contributed by atoms with Crippen molar-refractivity contribution in [3.8, 4) is 0 Å². The zero-order valence-corrected chi connectivity index (χ0v) is 15.8. The van der Waals surface area contributed by atoms with Crippen LogP contribution in [0.5, 0.6) is 0 Å². The van der Waals surface area contributed by atoms with Crippen molar-refractivity contribution in [2.75, 3.05) is 5.32 Å². The number of carbonyl (C=O) groups excluding carboxylic acids is 1. The SMILES string of the molecule is CCC(Sc1nnc2c(n1)[nH]c1ccccc12)C(=O)Nc1nc(C)cs1. The number of thioether (sulfide) groups is 1. The molecule has 0 radical (unpaired) electrons. The smallest absolute Gasteiger partial charge is 0.239 e.